The van der Waals surface area contributed by atoms with E-state index in [2.05, 4.69) is 15.3 Å². The van der Waals surface area contributed by atoms with Crippen molar-refractivity contribution < 1.29 is 14.3 Å². The number of carbonyl (C=O) groups is 1. The van der Waals surface area contributed by atoms with E-state index in [-0.39, 0.29) is 12.5 Å². The summed E-state index contributed by atoms with van der Waals surface area (Å²) in [6.45, 7) is 3.74. The lowest BCUT2D eigenvalue weighted by Crippen LogP contribution is -2.28. The number of aliphatic hydroxyl groups excluding tert-OH is 1. The van der Waals surface area contributed by atoms with Crippen LogP contribution >= 0.6 is 0 Å². The van der Waals surface area contributed by atoms with Gasteiger partial charge in [0.25, 0.3) is 5.91 Å². The Kier molecular flexibility index (Phi) is 4.72. The van der Waals surface area contributed by atoms with Gasteiger partial charge in [-0.05, 0) is 49.7 Å². The van der Waals surface area contributed by atoms with Gasteiger partial charge in [-0.2, -0.15) is 0 Å². The second kappa shape index (κ2) is 6.94. The van der Waals surface area contributed by atoms with Gasteiger partial charge in [-0.25, -0.2) is 14.4 Å². The molecule has 25 heavy (non-hydrogen) atoms. The Morgan fingerprint density at radius 2 is 1.84 bits per heavy atom. The fourth-order valence-electron chi connectivity index (χ4n) is 2.50. The monoisotopic (exact) mass is 339 g/mol. The maximum absolute atomic E-state index is 13.2. The normalized spacial score (nSPS) is 12.2. The molecule has 3 rings (SSSR count). The second-order valence-electron chi connectivity index (χ2n) is 5.88. The van der Waals surface area contributed by atoms with E-state index in [4.69, 9.17) is 0 Å². The number of aromatic nitrogens is 2. The fraction of sp³-hybridized carbons (Fsp3) is 0.211. The smallest absolute Gasteiger partial charge is 0.251 e. The molecule has 0 aliphatic rings. The first-order valence-electron chi connectivity index (χ1n) is 7.91. The summed E-state index contributed by atoms with van der Waals surface area (Å²) in [6, 6.07) is 10.7. The summed E-state index contributed by atoms with van der Waals surface area (Å²) in [6.07, 6.45) is -0.982. The van der Waals surface area contributed by atoms with Crippen LogP contribution in [-0.2, 0) is 0 Å². The number of aryl methyl sites for hydroxylation is 2. The zero-order valence-corrected chi connectivity index (χ0v) is 14.0. The molecule has 128 valence electrons. The van der Waals surface area contributed by atoms with Crippen molar-refractivity contribution in [3.05, 3.63) is 70.8 Å². The van der Waals surface area contributed by atoms with Crippen molar-refractivity contribution in [2.75, 3.05) is 6.54 Å². The van der Waals surface area contributed by atoms with Gasteiger partial charge >= 0.3 is 0 Å². The topological polar surface area (TPSA) is 75.1 Å². The van der Waals surface area contributed by atoms with Crippen LogP contribution in [0.5, 0.6) is 0 Å². The number of hydrogen-bond donors (Lipinski definition) is 2. The number of rotatable bonds is 4. The van der Waals surface area contributed by atoms with Gasteiger partial charge in [-0.15, -0.1) is 0 Å². The first-order valence-corrected chi connectivity index (χ1v) is 7.91. The predicted molar refractivity (Wildman–Crippen MR) is 92.7 cm³/mol. The third kappa shape index (κ3) is 3.80. The van der Waals surface area contributed by atoms with E-state index in [9.17, 15) is 14.3 Å². The molecule has 1 atom stereocenters. The van der Waals surface area contributed by atoms with E-state index >= 15 is 0 Å². The van der Waals surface area contributed by atoms with Crippen LogP contribution in [0.1, 0.15) is 33.4 Å². The van der Waals surface area contributed by atoms with Gasteiger partial charge in [-0.3, -0.25) is 4.79 Å². The second-order valence-corrected chi connectivity index (χ2v) is 5.88. The lowest BCUT2D eigenvalue weighted by Gasteiger charge is -2.12. The molecule has 6 heteroatoms. The summed E-state index contributed by atoms with van der Waals surface area (Å²) in [5, 5.41) is 12.7. The minimum atomic E-state index is -0.982. The number of hydrogen-bond acceptors (Lipinski definition) is 4. The maximum Gasteiger partial charge on any atom is 0.251 e. The molecule has 3 aromatic rings. The highest BCUT2D eigenvalue weighted by atomic mass is 19.1. The van der Waals surface area contributed by atoms with Crippen molar-refractivity contribution in [1.82, 2.24) is 15.3 Å². The molecule has 0 spiro atoms. The van der Waals surface area contributed by atoms with E-state index in [1.165, 1.54) is 18.2 Å². The van der Waals surface area contributed by atoms with Gasteiger partial charge in [-0.1, -0.05) is 12.1 Å². The summed E-state index contributed by atoms with van der Waals surface area (Å²) in [7, 11) is 0. The van der Waals surface area contributed by atoms with Crippen molar-refractivity contribution in [1.29, 1.82) is 0 Å². The summed E-state index contributed by atoms with van der Waals surface area (Å²) in [5.74, 6) is -0.765. The van der Waals surface area contributed by atoms with Crippen LogP contribution in [0.25, 0.3) is 11.0 Å². The third-order valence-electron chi connectivity index (χ3n) is 4.03. The highest BCUT2D eigenvalue weighted by molar-refractivity contribution is 5.97. The van der Waals surface area contributed by atoms with Crippen LogP contribution in [0.2, 0.25) is 0 Å². The SMILES string of the molecule is Cc1nc2ccc(C(=O)NCC(O)c3cccc(F)c3)cc2nc1C. The van der Waals surface area contributed by atoms with Gasteiger partial charge in [0.2, 0.25) is 0 Å². The molecule has 2 N–H and O–H groups in total. The standard InChI is InChI=1S/C19H18FN3O2/c1-11-12(2)23-17-9-14(6-7-16(17)22-11)19(25)21-10-18(24)13-4-3-5-15(20)8-13/h3-9,18,24H,10H2,1-2H3,(H,21,25). The fourth-order valence-corrected chi connectivity index (χ4v) is 2.50. The first kappa shape index (κ1) is 17.0. The summed E-state index contributed by atoms with van der Waals surface area (Å²) in [4.78, 5) is 21.2. The average molecular weight is 339 g/mol. The summed E-state index contributed by atoms with van der Waals surface area (Å²) >= 11 is 0. The molecular weight excluding hydrogens is 321 g/mol. The predicted octanol–water partition coefficient (Wildman–Crippen LogP) is 2.85. The number of amides is 1. The molecule has 1 unspecified atom stereocenters. The minimum absolute atomic E-state index is 0.0150. The van der Waals surface area contributed by atoms with E-state index < -0.39 is 11.9 Å². The number of halogens is 1. The molecule has 0 aliphatic carbocycles. The molecule has 1 heterocycles. The molecule has 0 saturated heterocycles. The van der Waals surface area contributed by atoms with E-state index in [1.807, 2.05) is 13.8 Å². The minimum Gasteiger partial charge on any atom is -0.387 e. The van der Waals surface area contributed by atoms with Crippen molar-refractivity contribution in [2.24, 2.45) is 0 Å². The lowest BCUT2D eigenvalue weighted by molar-refractivity contribution is 0.0916. The van der Waals surface area contributed by atoms with Crippen LogP contribution < -0.4 is 5.32 Å². The van der Waals surface area contributed by atoms with Crippen molar-refractivity contribution in [3.8, 4) is 0 Å². The number of carbonyl (C=O) groups excluding carboxylic acids is 1. The Hall–Kier alpha value is -2.86. The molecule has 0 fully saturated rings. The number of fused-ring (bicyclic) bond motifs is 1. The number of nitrogens with one attached hydrogen (secondary N) is 1. The zero-order chi connectivity index (χ0) is 18.0. The Morgan fingerprint density at radius 3 is 2.56 bits per heavy atom. The van der Waals surface area contributed by atoms with Crippen LogP contribution in [0, 0.1) is 19.7 Å². The average Bonchev–Trinajstić information content (AvgIpc) is 2.60. The van der Waals surface area contributed by atoms with Crippen LogP contribution in [0.15, 0.2) is 42.5 Å². The van der Waals surface area contributed by atoms with Crippen LogP contribution in [0.3, 0.4) is 0 Å². The molecule has 0 aliphatic heterocycles. The molecule has 0 saturated carbocycles. The van der Waals surface area contributed by atoms with E-state index in [1.54, 1.807) is 24.3 Å². The van der Waals surface area contributed by atoms with E-state index in [0.717, 1.165) is 16.9 Å². The molecule has 0 radical (unpaired) electrons. The Labute approximate surface area is 144 Å². The van der Waals surface area contributed by atoms with Crippen LogP contribution in [0.4, 0.5) is 4.39 Å². The molecule has 5 nitrogen and oxygen atoms in total. The Balaban J connectivity index is 1.72. The lowest BCUT2D eigenvalue weighted by atomic mass is 10.1. The Bertz CT molecular complexity index is 943. The summed E-state index contributed by atoms with van der Waals surface area (Å²) in [5.41, 5.74) is 3.86. The summed E-state index contributed by atoms with van der Waals surface area (Å²) < 4.78 is 13.2. The number of nitrogens with zero attached hydrogens (tertiary/aromatic N) is 2. The number of aliphatic hydroxyl groups is 1. The largest absolute Gasteiger partial charge is 0.387 e. The molecule has 0 bridgehead atoms. The van der Waals surface area contributed by atoms with Crippen LogP contribution in [-0.4, -0.2) is 27.5 Å². The highest BCUT2D eigenvalue weighted by Crippen LogP contribution is 2.16. The zero-order valence-electron chi connectivity index (χ0n) is 14.0. The molecule has 1 amide bonds. The van der Waals surface area contributed by atoms with Gasteiger partial charge in [0, 0.05) is 12.1 Å². The Morgan fingerprint density at radius 1 is 1.12 bits per heavy atom. The molecule has 1 aromatic heterocycles. The van der Waals surface area contributed by atoms with Gasteiger partial charge < -0.3 is 10.4 Å². The van der Waals surface area contributed by atoms with Crippen molar-refractivity contribution in [3.63, 3.8) is 0 Å². The van der Waals surface area contributed by atoms with Gasteiger partial charge in [0.1, 0.15) is 5.82 Å². The number of benzene rings is 2. The van der Waals surface area contributed by atoms with Crippen molar-refractivity contribution >= 4 is 16.9 Å². The van der Waals surface area contributed by atoms with Gasteiger partial charge in [0.05, 0.1) is 28.5 Å². The van der Waals surface area contributed by atoms with Gasteiger partial charge in [0.15, 0.2) is 0 Å². The third-order valence-corrected chi connectivity index (χ3v) is 4.03. The van der Waals surface area contributed by atoms with E-state index in [0.29, 0.717) is 16.6 Å². The molecule has 2 aromatic carbocycles. The quantitative estimate of drug-likeness (QED) is 0.766. The highest BCUT2D eigenvalue weighted by Gasteiger charge is 2.12. The first-order chi connectivity index (χ1) is 11.9. The van der Waals surface area contributed by atoms with Crippen molar-refractivity contribution in [2.45, 2.75) is 20.0 Å². The molecular formula is C19H18FN3O2. The maximum atomic E-state index is 13.2.